The zero-order valence-corrected chi connectivity index (χ0v) is 13.4. The van der Waals surface area contributed by atoms with E-state index in [1.807, 2.05) is 43.3 Å². The highest BCUT2D eigenvalue weighted by Gasteiger charge is 2.36. The molecule has 1 heterocycles. The molecule has 1 unspecified atom stereocenters. The first kappa shape index (κ1) is 16.5. The molecule has 0 spiro atoms. The minimum atomic E-state index is -0.290. The van der Waals surface area contributed by atoms with Crippen LogP contribution in [0.15, 0.2) is 54.6 Å². The molecule has 1 aliphatic rings. The van der Waals surface area contributed by atoms with E-state index in [2.05, 4.69) is 23.1 Å². The van der Waals surface area contributed by atoms with Gasteiger partial charge in [0.1, 0.15) is 6.04 Å². The molecule has 0 aromatic heterocycles. The fourth-order valence-corrected chi connectivity index (χ4v) is 2.91. The lowest BCUT2D eigenvalue weighted by Gasteiger charge is -2.23. The van der Waals surface area contributed by atoms with Gasteiger partial charge in [0.25, 0.3) is 0 Å². The number of hydrogen-bond donors (Lipinski definition) is 0. The van der Waals surface area contributed by atoms with Crippen molar-refractivity contribution in [1.82, 2.24) is 4.90 Å². The summed E-state index contributed by atoms with van der Waals surface area (Å²) < 4.78 is 5.27. The second-order valence-corrected chi connectivity index (χ2v) is 5.24. The van der Waals surface area contributed by atoms with Crippen molar-refractivity contribution in [2.24, 2.45) is 0 Å². The predicted molar refractivity (Wildman–Crippen MR) is 88.8 cm³/mol. The highest BCUT2D eigenvalue weighted by atomic mass is 35.5. The van der Waals surface area contributed by atoms with Gasteiger partial charge in [0.05, 0.1) is 6.61 Å². The van der Waals surface area contributed by atoms with Crippen LogP contribution in [0.3, 0.4) is 0 Å². The maximum atomic E-state index is 12.3. The Morgan fingerprint density at radius 2 is 1.82 bits per heavy atom. The Balaban J connectivity index is 0.00000176. The van der Waals surface area contributed by atoms with Crippen LogP contribution in [0.5, 0.6) is 0 Å². The summed E-state index contributed by atoms with van der Waals surface area (Å²) in [5, 5.41) is 0. The van der Waals surface area contributed by atoms with Crippen LogP contribution in [0.2, 0.25) is 0 Å². The number of ether oxygens (including phenoxy) is 1. The predicted octanol–water partition coefficient (Wildman–Crippen LogP) is 3.73. The number of carbonyl (C=O) groups is 1. The quantitative estimate of drug-likeness (QED) is 0.805. The normalized spacial score (nSPS) is 16.7. The molecule has 4 heteroatoms. The summed E-state index contributed by atoms with van der Waals surface area (Å²) in [6, 6.07) is 18.1. The maximum Gasteiger partial charge on any atom is 0.328 e. The average molecular weight is 318 g/mol. The van der Waals surface area contributed by atoms with E-state index in [1.165, 1.54) is 11.1 Å². The van der Waals surface area contributed by atoms with Gasteiger partial charge >= 0.3 is 5.97 Å². The van der Waals surface area contributed by atoms with Gasteiger partial charge in [0, 0.05) is 13.1 Å². The molecule has 2 aromatic carbocycles. The van der Waals surface area contributed by atoms with Crippen molar-refractivity contribution in [3.05, 3.63) is 71.3 Å². The topological polar surface area (TPSA) is 29.5 Å². The smallest absolute Gasteiger partial charge is 0.328 e. The van der Waals surface area contributed by atoms with E-state index in [1.54, 1.807) is 0 Å². The Morgan fingerprint density at radius 1 is 1.14 bits per heavy atom. The molecule has 3 nitrogen and oxygen atoms in total. The van der Waals surface area contributed by atoms with Crippen molar-refractivity contribution >= 4 is 18.4 Å². The molecule has 0 aliphatic carbocycles. The molecule has 0 saturated heterocycles. The number of benzene rings is 2. The summed E-state index contributed by atoms with van der Waals surface area (Å²) in [6.45, 7) is 3.80. The number of rotatable bonds is 4. The molecule has 1 atom stereocenters. The van der Waals surface area contributed by atoms with E-state index >= 15 is 0 Å². The molecular formula is C18H20ClNO2. The van der Waals surface area contributed by atoms with Gasteiger partial charge in [-0.3, -0.25) is 4.90 Å². The Morgan fingerprint density at radius 3 is 2.55 bits per heavy atom. The number of carbonyl (C=O) groups excluding carboxylic acids is 1. The summed E-state index contributed by atoms with van der Waals surface area (Å²) in [5.74, 6) is -0.154. The van der Waals surface area contributed by atoms with Crippen LogP contribution in [0.25, 0.3) is 0 Å². The summed E-state index contributed by atoms with van der Waals surface area (Å²) in [5.41, 5.74) is 3.50. The second-order valence-electron chi connectivity index (χ2n) is 5.24. The number of hydrogen-bond acceptors (Lipinski definition) is 3. The largest absolute Gasteiger partial charge is 0.465 e. The standard InChI is InChI=1S/C18H19NO2.ClH/c1-2-21-18(20)17-16-11-7-6-10-15(16)13-19(17)12-14-8-4-3-5-9-14;/h3-11,17H,2,12-13H2,1H3;1H. The van der Waals surface area contributed by atoms with E-state index < -0.39 is 0 Å². The van der Waals surface area contributed by atoms with Crippen LogP contribution in [-0.4, -0.2) is 17.5 Å². The van der Waals surface area contributed by atoms with E-state index in [0.717, 1.165) is 18.7 Å². The first-order valence-corrected chi connectivity index (χ1v) is 7.32. The minimum absolute atomic E-state index is 0. The summed E-state index contributed by atoms with van der Waals surface area (Å²) >= 11 is 0. The van der Waals surface area contributed by atoms with Crippen molar-refractivity contribution in [1.29, 1.82) is 0 Å². The monoisotopic (exact) mass is 317 g/mol. The highest BCUT2D eigenvalue weighted by Crippen LogP contribution is 2.35. The van der Waals surface area contributed by atoms with Crippen LogP contribution >= 0.6 is 12.4 Å². The Bertz CT molecular complexity index is 630. The summed E-state index contributed by atoms with van der Waals surface area (Å²) in [7, 11) is 0. The van der Waals surface area contributed by atoms with Crippen molar-refractivity contribution < 1.29 is 9.53 Å². The Kier molecular flexibility index (Phi) is 5.58. The average Bonchev–Trinajstić information content (AvgIpc) is 2.86. The van der Waals surface area contributed by atoms with Crippen LogP contribution in [0, 0.1) is 0 Å². The SMILES string of the molecule is CCOC(=O)C1c2ccccc2CN1Cc1ccccc1.Cl. The number of esters is 1. The van der Waals surface area contributed by atoms with Crippen molar-refractivity contribution in [3.8, 4) is 0 Å². The summed E-state index contributed by atoms with van der Waals surface area (Å²) in [6.07, 6.45) is 0. The highest BCUT2D eigenvalue weighted by molar-refractivity contribution is 5.85. The van der Waals surface area contributed by atoms with Gasteiger partial charge in [-0.15, -0.1) is 12.4 Å². The maximum absolute atomic E-state index is 12.3. The second kappa shape index (κ2) is 7.43. The molecule has 22 heavy (non-hydrogen) atoms. The first-order valence-electron chi connectivity index (χ1n) is 7.32. The Labute approximate surface area is 137 Å². The van der Waals surface area contributed by atoms with E-state index in [9.17, 15) is 4.79 Å². The lowest BCUT2D eigenvalue weighted by molar-refractivity contribution is -0.149. The third-order valence-electron chi connectivity index (χ3n) is 3.83. The summed E-state index contributed by atoms with van der Waals surface area (Å²) in [4.78, 5) is 14.5. The van der Waals surface area contributed by atoms with Crippen molar-refractivity contribution in [2.45, 2.75) is 26.1 Å². The number of halogens is 1. The van der Waals surface area contributed by atoms with Gasteiger partial charge in [-0.05, 0) is 23.6 Å². The van der Waals surface area contributed by atoms with Gasteiger partial charge in [-0.1, -0.05) is 54.6 Å². The third-order valence-corrected chi connectivity index (χ3v) is 3.83. The molecule has 116 valence electrons. The molecule has 3 rings (SSSR count). The van der Waals surface area contributed by atoms with E-state index in [-0.39, 0.29) is 24.4 Å². The zero-order valence-electron chi connectivity index (χ0n) is 12.6. The third kappa shape index (κ3) is 3.32. The van der Waals surface area contributed by atoms with Gasteiger partial charge in [0.15, 0.2) is 0 Å². The fourth-order valence-electron chi connectivity index (χ4n) is 2.91. The van der Waals surface area contributed by atoms with Crippen molar-refractivity contribution in [2.75, 3.05) is 6.61 Å². The molecule has 2 aromatic rings. The van der Waals surface area contributed by atoms with Gasteiger partial charge in [0.2, 0.25) is 0 Å². The number of fused-ring (bicyclic) bond motifs is 1. The van der Waals surface area contributed by atoms with Crippen LogP contribution in [0.1, 0.15) is 29.7 Å². The van der Waals surface area contributed by atoms with E-state index in [0.29, 0.717) is 6.61 Å². The van der Waals surface area contributed by atoms with Crippen LogP contribution in [-0.2, 0) is 22.6 Å². The minimum Gasteiger partial charge on any atom is -0.465 e. The van der Waals surface area contributed by atoms with Gasteiger partial charge < -0.3 is 4.74 Å². The lowest BCUT2D eigenvalue weighted by Crippen LogP contribution is -2.29. The van der Waals surface area contributed by atoms with Gasteiger partial charge in [-0.25, -0.2) is 4.79 Å². The molecule has 0 radical (unpaired) electrons. The molecule has 0 fully saturated rings. The van der Waals surface area contributed by atoms with Crippen LogP contribution < -0.4 is 0 Å². The van der Waals surface area contributed by atoms with Gasteiger partial charge in [-0.2, -0.15) is 0 Å². The first-order chi connectivity index (χ1) is 10.3. The lowest BCUT2D eigenvalue weighted by atomic mass is 10.1. The van der Waals surface area contributed by atoms with E-state index in [4.69, 9.17) is 4.74 Å². The molecule has 0 bridgehead atoms. The molecule has 0 N–H and O–H groups in total. The zero-order chi connectivity index (χ0) is 14.7. The molecular weight excluding hydrogens is 298 g/mol. The number of nitrogens with zero attached hydrogens (tertiary/aromatic N) is 1. The molecule has 0 saturated carbocycles. The Hall–Kier alpha value is -1.84. The molecule has 0 amide bonds. The fraction of sp³-hybridized carbons (Fsp3) is 0.278. The van der Waals surface area contributed by atoms with Crippen molar-refractivity contribution in [3.63, 3.8) is 0 Å². The molecule has 1 aliphatic heterocycles. The van der Waals surface area contributed by atoms with Crippen LogP contribution in [0.4, 0.5) is 0 Å².